The first-order valence-corrected chi connectivity index (χ1v) is 8.18. The van der Waals surface area contributed by atoms with Crippen LogP contribution in [0.1, 0.15) is 0 Å². The zero-order chi connectivity index (χ0) is 14.9. The van der Waals surface area contributed by atoms with Gasteiger partial charge in [0.25, 0.3) is 0 Å². The Morgan fingerprint density at radius 1 is 1.10 bits per heavy atom. The number of pyridine rings is 1. The molecule has 0 spiro atoms. The van der Waals surface area contributed by atoms with E-state index in [4.69, 9.17) is 0 Å². The fourth-order valence-corrected chi connectivity index (χ4v) is 2.77. The molecular formula is C15H13N3O2S. The molecular weight excluding hydrogens is 286 g/mol. The number of hydrogen-bond donors (Lipinski definition) is 0. The van der Waals surface area contributed by atoms with Crippen LogP contribution in [0.5, 0.6) is 0 Å². The number of sulfone groups is 1. The van der Waals surface area contributed by atoms with E-state index in [-0.39, 0.29) is 4.90 Å². The second-order valence-corrected chi connectivity index (χ2v) is 6.68. The summed E-state index contributed by atoms with van der Waals surface area (Å²) in [4.78, 5) is 8.42. The molecule has 0 atom stereocenters. The zero-order valence-electron chi connectivity index (χ0n) is 11.3. The molecule has 6 heteroatoms. The molecule has 3 rings (SSSR count). The average molecular weight is 299 g/mol. The normalized spacial score (nSPS) is 11.5. The van der Waals surface area contributed by atoms with E-state index in [0.29, 0.717) is 0 Å². The van der Waals surface area contributed by atoms with Gasteiger partial charge in [-0.25, -0.2) is 13.4 Å². The van der Waals surface area contributed by atoms with E-state index in [9.17, 15) is 8.42 Å². The van der Waals surface area contributed by atoms with Crippen LogP contribution in [-0.2, 0) is 9.84 Å². The van der Waals surface area contributed by atoms with Crippen molar-refractivity contribution in [3.63, 3.8) is 0 Å². The molecule has 106 valence electrons. The molecule has 0 fully saturated rings. The van der Waals surface area contributed by atoms with Crippen molar-refractivity contribution in [1.29, 1.82) is 0 Å². The van der Waals surface area contributed by atoms with Gasteiger partial charge in [-0.15, -0.1) is 0 Å². The number of rotatable bonds is 3. The fourth-order valence-electron chi connectivity index (χ4n) is 2.13. The highest BCUT2D eigenvalue weighted by Crippen LogP contribution is 2.28. The van der Waals surface area contributed by atoms with Gasteiger partial charge in [0.05, 0.1) is 16.9 Å². The van der Waals surface area contributed by atoms with Crippen molar-refractivity contribution in [2.75, 3.05) is 6.26 Å². The first-order chi connectivity index (χ1) is 10.1. The van der Waals surface area contributed by atoms with E-state index in [1.54, 1.807) is 43.1 Å². The maximum Gasteiger partial charge on any atom is 0.175 e. The first kappa shape index (κ1) is 13.5. The number of benzene rings is 1. The molecule has 0 saturated carbocycles. The molecule has 0 amide bonds. The largest absolute Gasteiger partial charge is 0.306 e. The average Bonchev–Trinajstić information content (AvgIpc) is 3.01. The van der Waals surface area contributed by atoms with E-state index in [1.165, 1.54) is 6.26 Å². The summed E-state index contributed by atoms with van der Waals surface area (Å²) >= 11 is 0. The number of nitrogens with zero attached hydrogens (tertiary/aromatic N) is 3. The van der Waals surface area contributed by atoms with E-state index in [1.807, 2.05) is 22.9 Å². The molecule has 2 heterocycles. The van der Waals surface area contributed by atoms with Crippen molar-refractivity contribution in [3.05, 3.63) is 61.4 Å². The van der Waals surface area contributed by atoms with E-state index in [2.05, 4.69) is 9.97 Å². The van der Waals surface area contributed by atoms with Crippen molar-refractivity contribution in [3.8, 4) is 16.8 Å². The third-order valence-corrected chi connectivity index (χ3v) is 4.26. The predicted molar refractivity (Wildman–Crippen MR) is 79.9 cm³/mol. The minimum atomic E-state index is -3.26. The highest BCUT2D eigenvalue weighted by Gasteiger charge is 2.13. The van der Waals surface area contributed by atoms with Gasteiger partial charge in [-0.05, 0) is 24.3 Å². The van der Waals surface area contributed by atoms with Gasteiger partial charge in [0.1, 0.15) is 0 Å². The van der Waals surface area contributed by atoms with Crippen LogP contribution < -0.4 is 0 Å². The van der Waals surface area contributed by atoms with Crippen LogP contribution in [0.2, 0.25) is 0 Å². The van der Waals surface area contributed by atoms with Crippen LogP contribution in [-0.4, -0.2) is 29.2 Å². The molecule has 0 N–H and O–H groups in total. The Kier molecular flexibility index (Phi) is 3.31. The molecule has 2 aromatic heterocycles. The van der Waals surface area contributed by atoms with Gasteiger partial charge < -0.3 is 4.57 Å². The fraction of sp³-hybridized carbons (Fsp3) is 0.0667. The van der Waals surface area contributed by atoms with Crippen LogP contribution in [0.4, 0.5) is 0 Å². The maximum absolute atomic E-state index is 11.8. The summed E-state index contributed by atoms with van der Waals surface area (Å²) in [5, 5.41) is 0. The van der Waals surface area contributed by atoms with Crippen LogP contribution >= 0.6 is 0 Å². The third kappa shape index (κ3) is 2.71. The molecule has 0 aliphatic carbocycles. The highest BCUT2D eigenvalue weighted by molar-refractivity contribution is 7.90. The second kappa shape index (κ2) is 5.14. The Balaban J connectivity index is 2.27. The summed E-state index contributed by atoms with van der Waals surface area (Å²) in [5.74, 6) is 0. The smallest absolute Gasteiger partial charge is 0.175 e. The lowest BCUT2D eigenvalue weighted by Gasteiger charge is -2.12. The van der Waals surface area contributed by atoms with Gasteiger partial charge in [0.2, 0.25) is 0 Å². The molecule has 21 heavy (non-hydrogen) atoms. The van der Waals surface area contributed by atoms with Crippen molar-refractivity contribution in [2.45, 2.75) is 4.90 Å². The lowest BCUT2D eigenvalue weighted by atomic mass is 10.1. The topological polar surface area (TPSA) is 64.8 Å². The zero-order valence-corrected chi connectivity index (χ0v) is 12.2. The summed E-state index contributed by atoms with van der Waals surface area (Å²) in [7, 11) is -3.26. The van der Waals surface area contributed by atoms with Gasteiger partial charge in [0, 0.05) is 42.2 Å². The summed E-state index contributed by atoms with van der Waals surface area (Å²) in [6.45, 7) is 0. The summed E-state index contributed by atoms with van der Waals surface area (Å²) in [6.07, 6.45) is 9.76. The summed E-state index contributed by atoms with van der Waals surface area (Å²) < 4.78 is 25.4. The van der Waals surface area contributed by atoms with Gasteiger partial charge in [-0.3, -0.25) is 4.98 Å². The standard InChI is InChI=1S/C15H13N3O2S/c1-21(19,20)13-4-5-15(18-8-7-17-11-18)14(9-13)12-3-2-6-16-10-12/h2-11H,1H3. The minimum absolute atomic E-state index is 0.283. The molecule has 5 nitrogen and oxygen atoms in total. The first-order valence-electron chi connectivity index (χ1n) is 6.28. The van der Waals surface area contributed by atoms with Crippen LogP contribution in [0.15, 0.2) is 66.3 Å². The lowest BCUT2D eigenvalue weighted by molar-refractivity contribution is 0.602. The van der Waals surface area contributed by atoms with E-state index < -0.39 is 9.84 Å². The van der Waals surface area contributed by atoms with Crippen molar-refractivity contribution in [2.24, 2.45) is 0 Å². The van der Waals surface area contributed by atoms with Crippen molar-refractivity contribution < 1.29 is 8.42 Å². The van der Waals surface area contributed by atoms with E-state index in [0.717, 1.165) is 16.8 Å². The minimum Gasteiger partial charge on any atom is -0.306 e. The maximum atomic E-state index is 11.8. The van der Waals surface area contributed by atoms with Gasteiger partial charge in [-0.2, -0.15) is 0 Å². The number of hydrogen-bond acceptors (Lipinski definition) is 4. The molecule has 0 aliphatic heterocycles. The van der Waals surface area contributed by atoms with E-state index >= 15 is 0 Å². The Bertz CT molecular complexity index is 857. The molecule has 0 unspecified atom stereocenters. The highest BCUT2D eigenvalue weighted by atomic mass is 32.2. The summed E-state index contributed by atoms with van der Waals surface area (Å²) in [5.41, 5.74) is 2.50. The summed E-state index contributed by atoms with van der Waals surface area (Å²) in [6, 6.07) is 8.77. The number of aromatic nitrogens is 3. The Morgan fingerprint density at radius 2 is 1.95 bits per heavy atom. The SMILES string of the molecule is CS(=O)(=O)c1ccc(-n2ccnc2)c(-c2cccnc2)c1. The van der Waals surface area contributed by atoms with Crippen LogP contribution in [0.25, 0.3) is 16.8 Å². The van der Waals surface area contributed by atoms with Gasteiger partial charge in [-0.1, -0.05) is 6.07 Å². The Morgan fingerprint density at radius 3 is 2.57 bits per heavy atom. The quantitative estimate of drug-likeness (QED) is 0.744. The second-order valence-electron chi connectivity index (χ2n) is 4.66. The Labute approximate surface area is 122 Å². The van der Waals surface area contributed by atoms with Crippen molar-refractivity contribution in [1.82, 2.24) is 14.5 Å². The van der Waals surface area contributed by atoms with Gasteiger partial charge in [0.15, 0.2) is 9.84 Å². The molecule has 0 aliphatic rings. The van der Waals surface area contributed by atoms with Crippen LogP contribution in [0, 0.1) is 0 Å². The molecule has 1 aromatic carbocycles. The van der Waals surface area contributed by atoms with Crippen LogP contribution in [0.3, 0.4) is 0 Å². The molecule has 0 saturated heterocycles. The Hall–Kier alpha value is -2.47. The third-order valence-electron chi connectivity index (χ3n) is 3.15. The predicted octanol–water partition coefficient (Wildman–Crippen LogP) is 2.34. The molecule has 0 radical (unpaired) electrons. The van der Waals surface area contributed by atoms with Crippen molar-refractivity contribution >= 4 is 9.84 Å². The number of imidazole rings is 1. The van der Waals surface area contributed by atoms with Gasteiger partial charge >= 0.3 is 0 Å². The lowest BCUT2D eigenvalue weighted by Crippen LogP contribution is -2.01. The molecule has 3 aromatic rings. The molecule has 0 bridgehead atoms. The monoisotopic (exact) mass is 299 g/mol.